The molecule has 3 heterocycles. The highest BCUT2D eigenvalue weighted by Gasteiger charge is 2.29. The molecular weight excluding hydrogens is 524 g/mol. The predicted octanol–water partition coefficient (Wildman–Crippen LogP) is 6.63. The van der Waals surface area contributed by atoms with Crippen LogP contribution in [0.3, 0.4) is 0 Å². The maximum absolute atomic E-state index is 12.9. The molecule has 180 valence electrons. The summed E-state index contributed by atoms with van der Waals surface area (Å²) >= 11 is 4.97. The Balaban J connectivity index is 1.50. The second kappa shape index (κ2) is 10.0. The van der Waals surface area contributed by atoms with E-state index in [1.807, 2.05) is 48.5 Å². The summed E-state index contributed by atoms with van der Waals surface area (Å²) in [6.07, 6.45) is 6.41. The Morgan fingerprint density at radius 3 is 2.71 bits per heavy atom. The first kappa shape index (κ1) is 23.9. The number of aromatic nitrogens is 3. The highest BCUT2D eigenvalue weighted by Crippen LogP contribution is 2.40. The van der Waals surface area contributed by atoms with E-state index in [0.29, 0.717) is 17.9 Å². The molecule has 0 aliphatic heterocycles. The number of hydrogen-bond acceptors (Lipinski definition) is 5. The third-order valence-corrected chi connectivity index (χ3v) is 8.34. The maximum Gasteiger partial charge on any atom is 0.253 e. The van der Waals surface area contributed by atoms with Crippen LogP contribution in [0.4, 0.5) is 0 Å². The molecule has 1 saturated carbocycles. The quantitative estimate of drug-likeness (QED) is 0.253. The highest BCUT2D eigenvalue weighted by atomic mass is 79.9. The smallest absolute Gasteiger partial charge is 0.253 e. The van der Waals surface area contributed by atoms with Crippen molar-refractivity contribution in [3.05, 3.63) is 69.0 Å². The van der Waals surface area contributed by atoms with Crippen LogP contribution in [0.2, 0.25) is 0 Å². The van der Waals surface area contributed by atoms with Gasteiger partial charge in [-0.2, -0.15) is 0 Å². The Morgan fingerprint density at radius 2 is 2.00 bits per heavy atom. The first-order valence-corrected chi connectivity index (χ1v) is 13.4. The molecule has 3 aromatic heterocycles. The van der Waals surface area contributed by atoms with Crippen molar-refractivity contribution in [1.29, 1.82) is 0 Å². The van der Waals surface area contributed by atoms with Gasteiger partial charge in [-0.05, 0) is 83.6 Å². The standard InChI is InChI=1S/C27H27BrN4O2S/c1-31(2)27(34)18-9-10-22-21(16-18)30-26(20-8-3-4-13-29-20)32(22)19-7-5-6-17(14-19)15-23(33)24-11-12-25(28)35-24/h3-4,8-13,16-17,19H,5-7,14-15H2,1-2H3. The van der Waals surface area contributed by atoms with Crippen molar-refractivity contribution in [3.8, 4) is 11.5 Å². The van der Waals surface area contributed by atoms with Crippen LogP contribution in [0.15, 0.2) is 58.5 Å². The van der Waals surface area contributed by atoms with Gasteiger partial charge in [0, 0.05) is 38.3 Å². The Morgan fingerprint density at radius 1 is 1.14 bits per heavy atom. The molecule has 2 atom stereocenters. The second-order valence-corrected chi connectivity index (χ2v) is 11.8. The summed E-state index contributed by atoms with van der Waals surface area (Å²) in [6.45, 7) is 0. The van der Waals surface area contributed by atoms with Crippen molar-refractivity contribution in [2.75, 3.05) is 14.1 Å². The van der Waals surface area contributed by atoms with Crippen molar-refractivity contribution in [2.24, 2.45) is 5.92 Å². The third kappa shape index (κ3) is 4.95. The number of ketones is 1. The van der Waals surface area contributed by atoms with E-state index in [0.717, 1.165) is 56.9 Å². The minimum atomic E-state index is -0.0442. The molecule has 1 amide bonds. The van der Waals surface area contributed by atoms with Crippen LogP contribution in [0.25, 0.3) is 22.6 Å². The van der Waals surface area contributed by atoms with Crippen molar-refractivity contribution >= 4 is 50.0 Å². The molecule has 6 nitrogen and oxygen atoms in total. The number of pyridine rings is 1. The number of thiophene rings is 1. The van der Waals surface area contributed by atoms with E-state index in [-0.39, 0.29) is 17.7 Å². The van der Waals surface area contributed by atoms with Crippen molar-refractivity contribution in [1.82, 2.24) is 19.4 Å². The molecule has 8 heteroatoms. The molecule has 1 aliphatic carbocycles. The number of benzene rings is 1. The number of imidazole rings is 1. The van der Waals surface area contributed by atoms with Gasteiger partial charge in [-0.3, -0.25) is 14.6 Å². The van der Waals surface area contributed by atoms with E-state index in [4.69, 9.17) is 4.98 Å². The molecule has 0 N–H and O–H groups in total. The molecule has 1 aliphatic rings. The molecular formula is C27H27BrN4O2S. The summed E-state index contributed by atoms with van der Waals surface area (Å²) in [6, 6.07) is 15.7. The molecule has 0 bridgehead atoms. The lowest BCUT2D eigenvalue weighted by molar-refractivity contribution is 0.0827. The van der Waals surface area contributed by atoms with Crippen molar-refractivity contribution in [3.63, 3.8) is 0 Å². The predicted molar refractivity (Wildman–Crippen MR) is 143 cm³/mol. The van der Waals surface area contributed by atoms with Crippen LogP contribution < -0.4 is 0 Å². The zero-order chi connectivity index (χ0) is 24.5. The number of carbonyl (C=O) groups is 2. The number of amides is 1. The van der Waals surface area contributed by atoms with Crippen molar-refractivity contribution < 1.29 is 9.59 Å². The summed E-state index contributed by atoms with van der Waals surface area (Å²) in [7, 11) is 3.51. The molecule has 0 spiro atoms. The van der Waals surface area contributed by atoms with E-state index in [2.05, 4.69) is 25.5 Å². The number of fused-ring (bicyclic) bond motifs is 1. The summed E-state index contributed by atoms with van der Waals surface area (Å²) in [5.41, 5.74) is 3.22. The van der Waals surface area contributed by atoms with Crippen LogP contribution in [0.5, 0.6) is 0 Å². The van der Waals surface area contributed by atoms with Gasteiger partial charge >= 0.3 is 0 Å². The van der Waals surface area contributed by atoms with Gasteiger partial charge in [0.1, 0.15) is 5.69 Å². The van der Waals surface area contributed by atoms with Crippen LogP contribution in [0, 0.1) is 5.92 Å². The van der Waals surface area contributed by atoms with Gasteiger partial charge < -0.3 is 9.47 Å². The summed E-state index contributed by atoms with van der Waals surface area (Å²) < 4.78 is 3.28. The SMILES string of the molecule is CN(C)C(=O)c1ccc2c(c1)nc(-c1ccccn1)n2C1CCCC(CC(=O)c2ccc(Br)s2)C1. The van der Waals surface area contributed by atoms with Gasteiger partial charge in [0.2, 0.25) is 0 Å². The molecule has 35 heavy (non-hydrogen) atoms. The van der Waals surface area contributed by atoms with E-state index >= 15 is 0 Å². The zero-order valence-corrected chi connectivity index (χ0v) is 22.2. The molecule has 1 aromatic carbocycles. The largest absolute Gasteiger partial charge is 0.345 e. The minimum Gasteiger partial charge on any atom is -0.345 e. The van der Waals surface area contributed by atoms with Crippen LogP contribution in [-0.2, 0) is 0 Å². The number of nitrogens with zero attached hydrogens (tertiary/aromatic N) is 4. The fraction of sp³-hybridized carbons (Fsp3) is 0.333. The molecule has 0 radical (unpaired) electrons. The van der Waals surface area contributed by atoms with Gasteiger partial charge in [0.15, 0.2) is 11.6 Å². The van der Waals surface area contributed by atoms with Gasteiger partial charge in [0.05, 0.1) is 19.7 Å². The molecule has 0 saturated heterocycles. The zero-order valence-electron chi connectivity index (χ0n) is 19.8. The average molecular weight is 552 g/mol. The third-order valence-electron chi connectivity index (χ3n) is 6.68. The maximum atomic E-state index is 12.9. The van der Waals surface area contributed by atoms with Crippen LogP contribution in [-0.4, -0.2) is 45.2 Å². The van der Waals surface area contributed by atoms with E-state index in [1.165, 1.54) is 11.3 Å². The lowest BCUT2D eigenvalue weighted by Gasteiger charge is -2.31. The Hall–Kier alpha value is -2.84. The van der Waals surface area contributed by atoms with Gasteiger partial charge in [-0.1, -0.05) is 12.5 Å². The Kier molecular flexibility index (Phi) is 6.84. The number of Topliss-reactive ketones (excluding diaryl/α,β-unsaturated/α-hetero) is 1. The normalized spacial score (nSPS) is 18.0. The molecule has 2 unspecified atom stereocenters. The fourth-order valence-electron chi connectivity index (χ4n) is 5.04. The number of hydrogen-bond donors (Lipinski definition) is 0. The van der Waals surface area contributed by atoms with Gasteiger partial charge in [-0.25, -0.2) is 4.98 Å². The lowest BCUT2D eigenvalue weighted by atomic mass is 9.82. The number of halogens is 1. The van der Waals surface area contributed by atoms with Crippen LogP contribution in [0.1, 0.15) is 58.2 Å². The first-order chi connectivity index (χ1) is 16.9. The molecule has 4 aromatic rings. The topological polar surface area (TPSA) is 68.1 Å². The monoisotopic (exact) mass is 550 g/mol. The lowest BCUT2D eigenvalue weighted by Crippen LogP contribution is -2.22. The van der Waals surface area contributed by atoms with E-state index < -0.39 is 0 Å². The minimum absolute atomic E-state index is 0.0442. The highest BCUT2D eigenvalue weighted by molar-refractivity contribution is 9.11. The average Bonchev–Trinajstić information content (AvgIpc) is 3.47. The first-order valence-electron chi connectivity index (χ1n) is 11.8. The van der Waals surface area contributed by atoms with E-state index in [9.17, 15) is 9.59 Å². The fourth-order valence-corrected chi connectivity index (χ4v) is 6.38. The van der Waals surface area contributed by atoms with E-state index in [1.54, 1.807) is 25.2 Å². The Labute approximate surface area is 217 Å². The number of rotatable bonds is 6. The number of carbonyl (C=O) groups excluding carboxylic acids is 2. The van der Waals surface area contributed by atoms with Gasteiger partial charge in [0.25, 0.3) is 5.91 Å². The molecule has 1 fully saturated rings. The van der Waals surface area contributed by atoms with Gasteiger partial charge in [-0.15, -0.1) is 11.3 Å². The summed E-state index contributed by atoms with van der Waals surface area (Å²) in [5, 5.41) is 0. The summed E-state index contributed by atoms with van der Waals surface area (Å²) in [5.74, 6) is 1.32. The van der Waals surface area contributed by atoms with Crippen molar-refractivity contribution in [2.45, 2.75) is 38.1 Å². The second-order valence-electron chi connectivity index (χ2n) is 9.34. The molecule has 5 rings (SSSR count). The van der Waals surface area contributed by atoms with Crippen LogP contribution >= 0.6 is 27.3 Å². The Bertz CT molecular complexity index is 1380. The summed E-state index contributed by atoms with van der Waals surface area (Å²) in [4.78, 5) is 37.4.